The van der Waals surface area contributed by atoms with E-state index in [0.29, 0.717) is 13.0 Å². The van der Waals surface area contributed by atoms with Crippen LogP contribution in [0.3, 0.4) is 0 Å². The molecule has 1 aromatic carbocycles. The van der Waals surface area contributed by atoms with Crippen molar-refractivity contribution in [1.29, 1.82) is 0 Å². The van der Waals surface area contributed by atoms with E-state index in [1.807, 2.05) is 30.0 Å². The van der Waals surface area contributed by atoms with Crippen molar-refractivity contribution in [3.63, 3.8) is 0 Å². The molecular formula is C16H23NO2. The van der Waals surface area contributed by atoms with Gasteiger partial charge in [-0.3, -0.25) is 4.79 Å². The first-order valence-corrected chi connectivity index (χ1v) is 7.23. The highest BCUT2D eigenvalue weighted by molar-refractivity contribution is 5.76. The number of amides is 1. The highest BCUT2D eigenvalue weighted by Gasteiger charge is 2.20. The first kappa shape index (κ1) is 14.1. The lowest BCUT2D eigenvalue weighted by molar-refractivity contribution is -0.135. The molecule has 0 spiro atoms. The van der Waals surface area contributed by atoms with Gasteiger partial charge in [0.15, 0.2) is 0 Å². The van der Waals surface area contributed by atoms with Gasteiger partial charge < -0.3 is 9.64 Å². The van der Waals surface area contributed by atoms with Gasteiger partial charge in [-0.15, -0.1) is 0 Å². The maximum absolute atomic E-state index is 12.3. The minimum absolute atomic E-state index is 0.131. The number of carbonyl (C=O) groups excluding carboxylic acids is 1. The van der Waals surface area contributed by atoms with E-state index in [-0.39, 0.29) is 12.0 Å². The first-order valence-electron chi connectivity index (χ1n) is 7.23. The lowest BCUT2D eigenvalue weighted by Gasteiger charge is -2.26. The Balaban J connectivity index is 1.87. The van der Waals surface area contributed by atoms with Crippen molar-refractivity contribution in [3.05, 3.63) is 35.9 Å². The normalized spacial score (nSPS) is 19.1. The lowest BCUT2D eigenvalue weighted by atomic mass is 10.1. The minimum atomic E-state index is 0.131. The van der Waals surface area contributed by atoms with Crippen molar-refractivity contribution in [3.8, 4) is 0 Å². The van der Waals surface area contributed by atoms with Crippen molar-refractivity contribution in [2.45, 2.75) is 45.3 Å². The van der Waals surface area contributed by atoms with Crippen LogP contribution >= 0.6 is 0 Å². The number of rotatable bonds is 5. The molecule has 1 unspecified atom stereocenters. The molecule has 1 amide bonds. The van der Waals surface area contributed by atoms with Crippen LogP contribution in [0.4, 0.5) is 0 Å². The van der Waals surface area contributed by atoms with E-state index in [1.165, 1.54) is 12.0 Å². The zero-order chi connectivity index (χ0) is 13.5. The van der Waals surface area contributed by atoms with E-state index in [1.54, 1.807) is 0 Å². The van der Waals surface area contributed by atoms with Crippen molar-refractivity contribution in [2.24, 2.45) is 0 Å². The predicted octanol–water partition coefficient (Wildman–Crippen LogP) is 2.99. The molecule has 2 rings (SSSR count). The van der Waals surface area contributed by atoms with Gasteiger partial charge in [-0.2, -0.15) is 0 Å². The summed E-state index contributed by atoms with van der Waals surface area (Å²) in [5.41, 5.74) is 1.18. The molecule has 1 saturated heterocycles. The summed E-state index contributed by atoms with van der Waals surface area (Å²) in [4.78, 5) is 14.2. The van der Waals surface area contributed by atoms with E-state index < -0.39 is 0 Å². The molecule has 0 bridgehead atoms. The molecule has 0 aliphatic carbocycles. The summed E-state index contributed by atoms with van der Waals surface area (Å²) < 4.78 is 5.65. The molecular weight excluding hydrogens is 238 g/mol. The van der Waals surface area contributed by atoms with Crippen LogP contribution in [0.25, 0.3) is 0 Å². The van der Waals surface area contributed by atoms with Crippen LogP contribution in [-0.2, 0) is 16.1 Å². The maximum atomic E-state index is 12.3. The van der Waals surface area contributed by atoms with Gasteiger partial charge in [0.05, 0.1) is 12.5 Å². The van der Waals surface area contributed by atoms with Crippen molar-refractivity contribution >= 4 is 5.91 Å². The Kier molecular flexibility index (Phi) is 5.40. The van der Waals surface area contributed by atoms with Crippen LogP contribution in [0.5, 0.6) is 0 Å². The Bertz CT molecular complexity index is 385. The van der Waals surface area contributed by atoms with E-state index in [4.69, 9.17) is 4.74 Å². The Morgan fingerprint density at radius 2 is 2.11 bits per heavy atom. The third-order valence-corrected chi connectivity index (χ3v) is 3.63. The molecule has 3 nitrogen and oxygen atoms in total. The van der Waals surface area contributed by atoms with Gasteiger partial charge in [0.25, 0.3) is 0 Å². The number of nitrogens with zero attached hydrogens (tertiary/aromatic N) is 1. The zero-order valence-electron chi connectivity index (χ0n) is 11.7. The molecule has 19 heavy (non-hydrogen) atoms. The largest absolute Gasteiger partial charge is 0.378 e. The number of ether oxygens (including phenoxy) is 1. The molecule has 1 aliphatic heterocycles. The second-order valence-electron chi connectivity index (χ2n) is 5.09. The SMILES string of the molecule is CCN(Cc1ccccc1)C(=O)CC1CCCCO1. The fourth-order valence-electron chi connectivity index (χ4n) is 2.47. The van der Waals surface area contributed by atoms with Crippen LogP contribution < -0.4 is 0 Å². The van der Waals surface area contributed by atoms with E-state index >= 15 is 0 Å². The molecule has 0 aromatic heterocycles. The summed E-state index contributed by atoms with van der Waals surface area (Å²) in [5.74, 6) is 0.207. The highest BCUT2D eigenvalue weighted by atomic mass is 16.5. The summed E-state index contributed by atoms with van der Waals surface area (Å²) in [7, 11) is 0. The minimum Gasteiger partial charge on any atom is -0.378 e. The van der Waals surface area contributed by atoms with Crippen LogP contribution in [0, 0.1) is 0 Å². The van der Waals surface area contributed by atoms with Gasteiger partial charge in [0.1, 0.15) is 0 Å². The molecule has 1 atom stereocenters. The smallest absolute Gasteiger partial charge is 0.225 e. The van der Waals surface area contributed by atoms with Gasteiger partial charge in [0, 0.05) is 19.7 Å². The van der Waals surface area contributed by atoms with Crippen LogP contribution in [0.2, 0.25) is 0 Å². The molecule has 1 heterocycles. The van der Waals surface area contributed by atoms with Crippen LogP contribution in [-0.4, -0.2) is 30.1 Å². The molecule has 3 heteroatoms. The standard InChI is InChI=1S/C16H23NO2/c1-2-17(13-14-8-4-3-5-9-14)16(18)12-15-10-6-7-11-19-15/h3-5,8-9,15H,2,6-7,10-13H2,1H3. The molecule has 1 aromatic rings. The topological polar surface area (TPSA) is 29.5 Å². The Hall–Kier alpha value is -1.35. The third-order valence-electron chi connectivity index (χ3n) is 3.63. The Labute approximate surface area is 115 Å². The molecule has 104 valence electrons. The molecule has 1 fully saturated rings. The predicted molar refractivity (Wildman–Crippen MR) is 75.7 cm³/mol. The van der Waals surface area contributed by atoms with Gasteiger partial charge in [-0.1, -0.05) is 30.3 Å². The van der Waals surface area contributed by atoms with E-state index in [2.05, 4.69) is 12.1 Å². The monoisotopic (exact) mass is 261 g/mol. The second-order valence-corrected chi connectivity index (χ2v) is 5.09. The summed E-state index contributed by atoms with van der Waals surface area (Å²) in [5, 5.41) is 0. The fraction of sp³-hybridized carbons (Fsp3) is 0.562. The van der Waals surface area contributed by atoms with Crippen molar-refractivity contribution in [2.75, 3.05) is 13.2 Å². The van der Waals surface area contributed by atoms with Crippen LogP contribution in [0.1, 0.15) is 38.2 Å². The molecule has 1 aliphatic rings. The van der Waals surface area contributed by atoms with E-state index in [9.17, 15) is 4.79 Å². The molecule has 0 N–H and O–H groups in total. The molecule has 0 saturated carbocycles. The second kappa shape index (κ2) is 7.29. The van der Waals surface area contributed by atoms with Crippen LogP contribution in [0.15, 0.2) is 30.3 Å². The van der Waals surface area contributed by atoms with Crippen molar-refractivity contribution in [1.82, 2.24) is 4.90 Å². The quantitative estimate of drug-likeness (QED) is 0.815. The Morgan fingerprint density at radius 3 is 2.74 bits per heavy atom. The average Bonchev–Trinajstić information content (AvgIpc) is 2.47. The summed E-state index contributed by atoms with van der Waals surface area (Å²) in [6.07, 6.45) is 4.00. The third kappa shape index (κ3) is 4.35. The van der Waals surface area contributed by atoms with Gasteiger partial charge in [-0.05, 0) is 31.7 Å². The first-order chi connectivity index (χ1) is 9.29. The summed E-state index contributed by atoms with van der Waals surface area (Å²) in [6.45, 7) is 4.29. The summed E-state index contributed by atoms with van der Waals surface area (Å²) in [6, 6.07) is 10.1. The highest BCUT2D eigenvalue weighted by Crippen LogP contribution is 2.17. The number of benzene rings is 1. The molecule has 0 radical (unpaired) electrons. The van der Waals surface area contributed by atoms with Gasteiger partial charge in [0.2, 0.25) is 5.91 Å². The fourth-order valence-corrected chi connectivity index (χ4v) is 2.47. The maximum Gasteiger partial charge on any atom is 0.225 e. The summed E-state index contributed by atoms with van der Waals surface area (Å²) >= 11 is 0. The zero-order valence-corrected chi connectivity index (χ0v) is 11.7. The number of hydrogen-bond acceptors (Lipinski definition) is 2. The number of carbonyl (C=O) groups is 1. The Morgan fingerprint density at radius 1 is 1.32 bits per heavy atom. The van der Waals surface area contributed by atoms with Crippen molar-refractivity contribution < 1.29 is 9.53 Å². The van der Waals surface area contributed by atoms with Gasteiger partial charge >= 0.3 is 0 Å². The van der Waals surface area contributed by atoms with Gasteiger partial charge in [-0.25, -0.2) is 0 Å². The number of hydrogen-bond donors (Lipinski definition) is 0. The van der Waals surface area contributed by atoms with E-state index in [0.717, 1.165) is 26.0 Å². The average molecular weight is 261 g/mol. The lowest BCUT2D eigenvalue weighted by Crippen LogP contribution is -2.34.